The van der Waals surface area contributed by atoms with Crippen molar-refractivity contribution in [3.05, 3.63) is 59.7 Å². The van der Waals surface area contributed by atoms with Gasteiger partial charge in [0.15, 0.2) is 0 Å². The topological polar surface area (TPSA) is 67.2 Å². The second-order valence-electron chi connectivity index (χ2n) is 4.82. The van der Waals surface area contributed by atoms with E-state index in [1.165, 1.54) is 0 Å². The third-order valence-electron chi connectivity index (χ3n) is 3.01. The molecule has 1 unspecified atom stereocenters. The Labute approximate surface area is 119 Å². The Morgan fingerprint density at radius 3 is 2.35 bits per heavy atom. The van der Waals surface area contributed by atoms with Crippen LogP contribution in [0, 0.1) is 6.92 Å². The molecule has 2 aromatic carbocycles. The lowest BCUT2D eigenvalue weighted by molar-refractivity contribution is 0.262. The number of aryl methyl sites for hydroxylation is 1. The van der Waals surface area contributed by atoms with Crippen LogP contribution in [0.2, 0.25) is 0 Å². The average molecular weight is 269 g/mol. The van der Waals surface area contributed by atoms with Crippen LogP contribution < -0.4 is 16.4 Å². The van der Waals surface area contributed by atoms with Gasteiger partial charge in [-0.3, -0.25) is 0 Å². The zero-order valence-corrected chi connectivity index (χ0v) is 11.7. The summed E-state index contributed by atoms with van der Waals surface area (Å²) in [7, 11) is 0. The fourth-order valence-electron chi connectivity index (χ4n) is 1.93. The van der Waals surface area contributed by atoms with Gasteiger partial charge in [-0.25, -0.2) is 4.79 Å². The van der Waals surface area contributed by atoms with Crippen molar-refractivity contribution >= 4 is 17.4 Å². The molecule has 0 aliphatic rings. The van der Waals surface area contributed by atoms with Gasteiger partial charge in [-0.2, -0.15) is 0 Å². The molecule has 2 aromatic rings. The lowest BCUT2D eigenvalue weighted by Crippen LogP contribution is -2.21. The first-order valence-electron chi connectivity index (χ1n) is 6.55. The minimum Gasteiger partial charge on any atom is -0.324 e. The van der Waals surface area contributed by atoms with Gasteiger partial charge < -0.3 is 16.4 Å². The zero-order chi connectivity index (χ0) is 14.5. The summed E-state index contributed by atoms with van der Waals surface area (Å²) in [6.45, 7) is 3.89. The van der Waals surface area contributed by atoms with Gasteiger partial charge in [0.25, 0.3) is 0 Å². The summed E-state index contributed by atoms with van der Waals surface area (Å²) in [5, 5.41) is 5.62. The molecule has 0 spiro atoms. The van der Waals surface area contributed by atoms with Crippen molar-refractivity contribution in [2.45, 2.75) is 19.9 Å². The number of benzene rings is 2. The quantitative estimate of drug-likeness (QED) is 0.796. The first kappa shape index (κ1) is 14.1. The van der Waals surface area contributed by atoms with E-state index in [1.54, 1.807) is 0 Å². The van der Waals surface area contributed by atoms with Crippen LogP contribution in [-0.2, 0) is 0 Å². The number of nitrogens with two attached hydrogens (primary N) is 1. The molecule has 4 heteroatoms. The molecular formula is C16H19N3O. The summed E-state index contributed by atoms with van der Waals surface area (Å²) in [6, 6.07) is 14.7. The molecule has 20 heavy (non-hydrogen) atoms. The monoisotopic (exact) mass is 269 g/mol. The lowest BCUT2D eigenvalue weighted by atomic mass is 10.1. The van der Waals surface area contributed by atoms with Gasteiger partial charge in [-0.1, -0.05) is 35.9 Å². The van der Waals surface area contributed by atoms with Gasteiger partial charge in [0.1, 0.15) is 0 Å². The second-order valence-corrected chi connectivity index (χ2v) is 4.82. The lowest BCUT2D eigenvalue weighted by Gasteiger charge is -2.14. The average Bonchev–Trinajstić information content (AvgIpc) is 2.41. The molecule has 4 N–H and O–H groups in total. The van der Waals surface area contributed by atoms with Crippen molar-refractivity contribution < 1.29 is 4.79 Å². The Bertz CT molecular complexity index is 591. The van der Waals surface area contributed by atoms with Crippen LogP contribution in [-0.4, -0.2) is 6.03 Å². The van der Waals surface area contributed by atoms with Crippen molar-refractivity contribution in [3.63, 3.8) is 0 Å². The Kier molecular flexibility index (Phi) is 4.38. The second kappa shape index (κ2) is 6.21. The van der Waals surface area contributed by atoms with Crippen LogP contribution in [0.1, 0.15) is 24.1 Å². The standard InChI is InChI=1S/C16H19N3O/c1-11-7-9-13(10-8-11)18-16(20)19-15-6-4-3-5-14(15)12(2)17/h3-10,12H,17H2,1-2H3,(H2,18,19,20). The SMILES string of the molecule is Cc1ccc(NC(=O)Nc2ccccc2C(C)N)cc1. The van der Waals surface area contributed by atoms with Gasteiger partial charge in [-0.15, -0.1) is 0 Å². The predicted molar refractivity (Wildman–Crippen MR) is 82.9 cm³/mol. The third kappa shape index (κ3) is 3.59. The van der Waals surface area contributed by atoms with E-state index in [1.807, 2.05) is 62.4 Å². The molecule has 0 bridgehead atoms. The van der Waals surface area contributed by atoms with Crippen molar-refractivity contribution in [1.82, 2.24) is 0 Å². The molecule has 104 valence electrons. The number of urea groups is 1. The summed E-state index contributed by atoms with van der Waals surface area (Å²) in [6.07, 6.45) is 0. The van der Waals surface area contributed by atoms with E-state index in [9.17, 15) is 4.79 Å². The number of hydrogen-bond donors (Lipinski definition) is 3. The Morgan fingerprint density at radius 2 is 1.70 bits per heavy atom. The largest absolute Gasteiger partial charge is 0.324 e. The Hall–Kier alpha value is -2.33. The molecule has 0 fully saturated rings. The molecule has 0 heterocycles. The van der Waals surface area contributed by atoms with Gasteiger partial charge in [0.2, 0.25) is 0 Å². The van der Waals surface area contributed by atoms with E-state index in [0.717, 1.165) is 22.5 Å². The third-order valence-corrected chi connectivity index (χ3v) is 3.01. The van der Waals surface area contributed by atoms with Crippen molar-refractivity contribution in [1.29, 1.82) is 0 Å². The molecule has 0 radical (unpaired) electrons. The predicted octanol–water partition coefficient (Wildman–Crippen LogP) is 3.66. The minimum absolute atomic E-state index is 0.133. The number of carbonyl (C=O) groups is 1. The highest BCUT2D eigenvalue weighted by atomic mass is 16.2. The first-order valence-corrected chi connectivity index (χ1v) is 6.55. The molecule has 0 aliphatic heterocycles. The maximum Gasteiger partial charge on any atom is 0.323 e. The maximum atomic E-state index is 12.0. The first-order chi connectivity index (χ1) is 9.56. The zero-order valence-electron chi connectivity index (χ0n) is 11.7. The van der Waals surface area contributed by atoms with Gasteiger partial charge in [0, 0.05) is 17.4 Å². The molecule has 1 atom stereocenters. The highest BCUT2D eigenvalue weighted by Crippen LogP contribution is 2.21. The van der Waals surface area contributed by atoms with E-state index < -0.39 is 0 Å². The molecule has 2 amide bonds. The van der Waals surface area contributed by atoms with E-state index >= 15 is 0 Å². The highest BCUT2D eigenvalue weighted by Gasteiger charge is 2.09. The van der Waals surface area contributed by atoms with E-state index in [-0.39, 0.29) is 12.1 Å². The summed E-state index contributed by atoms with van der Waals surface area (Å²) >= 11 is 0. The number of rotatable bonds is 3. The summed E-state index contributed by atoms with van der Waals surface area (Å²) in [5.74, 6) is 0. The normalized spacial score (nSPS) is 11.8. The molecule has 0 saturated heterocycles. The maximum absolute atomic E-state index is 12.0. The van der Waals surface area contributed by atoms with E-state index in [0.29, 0.717) is 0 Å². The van der Waals surface area contributed by atoms with Crippen LogP contribution in [0.4, 0.5) is 16.2 Å². The number of para-hydroxylation sites is 1. The number of hydrogen-bond acceptors (Lipinski definition) is 2. The number of amides is 2. The van der Waals surface area contributed by atoms with Gasteiger partial charge in [-0.05, 0) is 37.6 Å². The van der Waals surface area contributed by atoms with Crippen molar-refractivity contribution in [2.24, 2.45) is 5.73 Å². The minimum atomic E-state index is -0.276. The molecule has 2 rings (SSSR count). The van der Waals surface area contributed by atoms with Crippen LogP contribution >= 0.6 is 0 Å². The summed E-state index contributed by atoms with van der Waals surface area (Å²) in [4.78, 5) is 12.0. The molecule has 0 aliphatic carbocycles. The summed E-state index contributed by atoms with van der Waals surface area (Å²) < 4.78 is 0. The number of carbonyl (C=O) groups excluding carboxylic acids is 1. The van der Waals surface area contributed by atoms with Gasteiger partial charge >= 0.3 is 6.03 Å². The van der Waals surface area contributed by atoms with Gasteiger partial charge in [0.05, 0.1) is 0 Å². The Balaban J connectivity index is 2.07. The molecular weight excluding hydrogens is 250 g/mol. The van der Waals surface area contributed by atoms with Crippen molar-refractivity contribution in [3.8, 4) is 0 Å². The molecule has 0 saturated carbocycles. The number of nitrogens with one attached hydrogen (secondary N) is 2. The molecule has 0 aromatic heterocycles. The smallest absolute Gasteiger partial charge is 0.323 e. The fraction of sp³-hybridized carbons (Fsp3) is 0.188. The highest BCUT2D eigenvalue weighted by molar-refractivity contribution is 6.00. The van der Waals surface area contributed by atoms with Crippen LogP contribution in [0.15, 0.2) is 48.5 Å². The van der Waals surface area contributed by atoms with Crippen LogP contribution in [0.3, 0.4) is 0 Å². The fourth-order valence-corrected chi connectivity index (χ4v) is 1.93. The summed E-state index contributed by atoms with van der Waals surface area (Å²) in [5.41, 5.74) is 9.43. The van der Waals surface area contributed by atoms with Crippen LogP contribution in [0.25, 0.3) is 0 Å². The van der Waals surface area contributed by atoms with E-state index in [4.69, 9.17) is 5.73 Å². The Morgan fingerprint density at radius 1 is 1.05 bits per heavy atom. The van der Waals surface area contributed by atoms with E-state index in [2.05, 4.69) is 10.6 Å². The van der Waals surface area contributed by atoms with Crippen molar-refractivity contribution in [2.75, 3.05) is 10.6 Å². The van der Waals surface area contributed by atoms with Crippen LogP contribution in [0.5, 0.6) is 0 Å². The number of anilines is 2. The molecule has 4 nitrogen and oxygen atoms in total.